The Kier molecular flexibility index (Phi) is 8.27. The molecule has 6 rings (SSSR count). The fourth-order valence-corrected chi connectivity index (χ4v) is 4.69. The number of aromatic hydroxyl groups is 1. The third-order valence-corrected chi connectivity index (χ3v) is 6.80. The highest BCUT2D eigenvalue weighted by Crippen LogP contribution is 2.35. The fraction of sp³-hybridized carbons (Fsp3) is 0.0606. The molecule has 0 saturated carbocycles. The first-order valence-corrected chi connectivity index (χ1v) is 13.1. The summed E-state index contributed by atoms with van der Waals surface area (Å²) in [4.78, 5) is 30.8. The molecule has 4 aromatic heterocycles. The average Bonchev–Trinajstić information content (AvgIpc) is 2.99. The number of ether oxygens (including phenoxy) is 1. The van der Waals surface area contributed by atoms with Crippen molar-refractivity contribution < 1.29 is 19.0 Å². The van der Waals surface area contributed by atoms with Gasteiger partial charge in [0.05, 0.1) is 5.52 Å². The number of carbonyl (C=O) groups excluding carboxylic acids is 1. The van der Waals surface area contributed by atoms with E-state index >= 15 is 0 Å². The highest BCUT2D eigenvalue weighted by molar-refractivity contribution is 6.07. The number of nitrogens with one attached hydrogen (secondary N) is 1. The van der Waals surface area contributed by atoms with Gasteiger partial charge >= 0.3 is 0 Å². The Morgan fingerprint density at radius 3 is 2.37 bits per heavy atom. The summed E-state index contributed by atoms with van der Waals surface area (Å²) in [6, 6.07) is 20.0. The quantitative estimate of drug-likeness (QED) is 0.204. The lowest BCUT2D eigenvalue weighted by Crippen LogP contribution is -2.13. The van der Waals surface area contributed by atoms with E-state index < -0.39 is 11.7 Å². The van der Waals surface area contributed by atoms with Gasteiger partial charge in [-0.25, -0.2) is 9.37 Å². The second-order valence-electron chi connectivity index (χ2n) is 9.61. The van der Waals surface area contributed by atoms with Crippen molar-refractivity contribution in [2.45, 2.75) is 13.8 Å². The molecule has 43 heavy (non-hydrogen) atoms. The first-order valence-electron chi connectivity index (χ1n) is 13.1. The van der Waals surface area contributed by atoms with Crippen LogP contribution in [-0.4, -0.2) is 30.9 Å². The molecule has 0 bridgehead atoms. The van der Waals surface area contributed by atoms with Gasteiger partial charge in [0.2, 0.25) is 0 Å². The SMILES string of the molecule is Cc1nc2c(Oc3ccc(NC(=O)c4cnc(C)c(-c5ccc(F)cc5)c4O)cc3)ccnc2cc1-c1cccnc1.Cl. The number of hydrogen-bond acceptors (Lipinski definition) is 7. The molecule has 0 unspecified atom stereocenters. The monoisotopic (exact) mass is 593 g/mol. The van der Waals surface area contributed by atoms with Crippen LogP contribution in [0, 0.1) is 19.7 Å². The zero-order valence-electron chi connectivity index (χ0n) is 23.1. The molecule has 4 heterocycles. The third-order valence-electron chi connectivity index (χ3n) is 6.80. The predicted molar refractivity (Wildman–Crippen MR) is 165 cm³/mol. The molecule has 0 aliphatic heterocycles. The average molecular weight is 594 g/mol. The highest BCUT2D eigenvalue weighted by atomic mass is 35.5. The number of aromatic nitrogens is 4. The van der Waals surface area contributed by atoms with Gasteiger partial charge < -0.3 is 15.2 Å². The number of rotatable bonds is 6. The van der Waals surface area contributed by atoms with Crippen LogP contribution in [0.5, 0.6) is 17.2 Å². The van der Waals surface area contributed by atoms with Crippen LogP contribution in [-0.2, 0) is 0 Å². The number of nitrogens with zero attached hydrogens (tertiary/aromatic N) is 4. The number of halogens is 2. The Labute approximate surface area is 252 Å². The molecule has 0 radical (unpaired) electrons. The van der Waals surface area contributed by atoms with Gasteiger partial charge in [-0.05, 0) is 67.9 Å². The third kappa shape index (κ3) is 5.98. The van der Waals surface area contributed by atoms with Crippen molar-refractivity contribution in [2.75, 3.05) is 5.32 Å². The summed E-state index contributed by atoms with van der Waals surface area (Å²) in [7, 11) is 0. The Bertz CT molecular complexity index is 1940. The van der Waals surface area contributed by atoms with Crippen molar-refractivity contribution in [3.8, 4) is 39.5 Å². The van der Waals surface area contributed by atoms with Crippen LogP contribution in [0.4, 0.5) is 10.1 Å². The lowest BCUT2D eigenvalue weighted by molar-refractivity contribution is 0.102. The number of aryl methyl sites for hydroxylation is 2. The van der Waals surface area contributed by atoms with Crippen LogP contribution in [0.25, 0.3) is 33.3 Å². The Morgan fingerprint density at radius 1 is 0.884 bits per heavy atom. The van der Waals surface area contributed by atoms with Crippen molar-refractivity contribution in [3.63, 3.8) is 0 Å². The van der Waals surface area contributed by atoms with E-state index in [1.165, 1.54) is 30.5 Å². The van der Waals surface area contributed by atoms with Gasteiger partial charge in [0.25, 0.3) is 5.91 Å². The molecule has 6 aromatic rings. The second kappa shape index (κ2) is 12.2. The van der Waals surface area contributed by atoms with E-state index in [0.29, 0.717) is 45.0 Å². The van der Waals surface area contributed by atoms with E-state index in [1.54, 1.807) is 55.8 Å². The maximum atomic E-state index is 13.4. The normalized spacial score (nSPS) is 10.7. The summed E-state index contributed by atoms with van der Waals surface area (Å²) >= 11 is 0. The summed E-state index contributed by atoms with van der Waals surface area (Å²) in [5.74, 6) is -0.0909. The molecule has 1 amide bonds. The van der Waals surface area contributed by atoms with Crippen molar-refractivity contribution in [1.29, 1.82) is 0 Å². The van der Waals surface area contributed by atoms with Gasteiger partial charge in [0.1, 0.15) is 28.4 Å². The van der Waals surface area contributed by atoms with Crippen molar-refractivity contribution in [2.24, 2.45) is 0 Å². The Hall–Kier alpha value is -5.41. The largest absolute Gasteiger partial charge is 0.506 e. The molecule has 0 fully saturated rings. The molecule has 2 N–H and O–H groups in total. The van der Waals surface area contributed by atoms with Gasteiger partial charge in [-0.3, -0.25) is 19.7 Å². The van der Waals surface area contributed by atoms with Crippen LogP contribution < -0.4 is 10.1 Å². The molecule has 0 saturated heterocycles. The molecule has 10 heteroatoms. The second-order valence-corrected chi connectivity index (χ2v) is 9.61. The van der Waals surface area contributed by atoms with Crippen LogP contribution in [0.1, 0.15) is 21.7 Å². The number of pyridine rings is 4. The lowest BCUT2D eigenvalue weighted by atomic mass is 10.0. The van der Waals surface area contributed by atoms with Crippen molar-refractivity contribution >= 4 is 35.0 Å². The van der Waals surface area contributed by atoms with Gasteiger partial charge in [0.15, 0.2) is 5.75 Å². The van der Waals surface area contributed by atoms with Gasteiger partial charge in [-0.15, -0.1) is 12.4 Å². The fourth-order valence-electron chi connectivity index (χ4n) is 4.69. The summed E-state index contributed by atoms with van der Waals surface area (Å²) in [5, 5.41) is 13.7. The van der Waals surface area contributed by atoms with Gasteiger partial charge in [0, 0.05) is 64.6 Å². The number of fused-ring (bicyclic) bond motifs is 1. The molecular formula is C33H25ClFN5O3. The zero-order valence-corrected chi connectivity index (χ0v) is 23.9. The number of hydrogen-bond donors (Lipinski definition) is 2. The lowest BCUT2D eigenvalue weighted by Gasteiger charge is -2.13. The molecule has 0 atom stereocenters. The molecule has 0 spiro atoms. The van der Waals surface area contributed by atoms with Crippen LogP contribution in [0.3, 0.4) is 0 Å². The van der Waals surface area contributed by atoms with Crippen molar-refractivity contribution in [1.82, 2.24) is 19.9 Å². The molecule has 2 aromatic carbocycles. The minimum atomic E-state index is -0.541. The summed E-state index contributed by atoms with van der Waals surface area (Å²) in [6.07, 6.45) is 6.49. The highest BCUT2D eigenvalue weighted by Gasteiger charge is 2.19. The molecule has 0 aliphatic carbocycles. The number of amides is 1. The first-order chi connectivity index (χ1) is 20.4. The molecular weight excluding hydrogens is 569 g/mol. The maximum Gasteiger partial charge on any atom is 0.261 e. The predicted octanol–water partition coefficient (Wildman–Crippen LogP) is 7.68. The first kappa shape index (κ1) is 29.1. The summed E-state index contributed by atoms with van der Waals surface area (Å²) in [5.41, 5.74) is 5.95. The summed E-state index contributed by atoms with van der Waals surface area (Å²) < 4.78 is 19.5. The Balaban J connectivity index is 0.00000368. The minimum Gasteiger partial charge on any atom is -0.506 e. The number of carbonyl (C=O) groups is 1. The maximum absolute atomic E-state index is 13.4. The van der Waals surface area contributed by atoms with Gasteiger partial charge in [-0.2, -0.15) is 0 Å². The molecule has 214 valence electrons. The minimum absolute atomic E-state index is 0. The topological polar surface area (TPSA) is 110 Å². The number of benzene rings is 2. The van der Waals surface area contributed by atoms with Crippen LogP contribution in [0.15, 0.2) is 97.6 Å². The van der Waals surface area contributed by atoms with Crippen LogP contribution in [0.2, 0.25) is 0 Å². The van der Waals surface area contributed by atoms with E-state index in [4.69, 9.17) is 9.72 Å². The van der Waals surface area contributed by atoms with E-state index in [-0.39, 0.29) is 23.7 Å². The molecule has 8 nitrogen and oxygen atoms in total. The Morgan fingerprint density at radius 2 is 1.65 bits per heavy atom. The van der Waals surface area contributed by atoms with E-state index in [2.05, 4.69) is 20.3 Å². The van der Waals surface area contributed by atoms with Crippen molar-refractivity contribution in [3.05, 3.63) is 120 Å². The van der Waals surface area contributed by atoms with Crippen LogP contribution >= 0.6 is 12.4 Å². The molecule has 0 aliphatic rings. The van der Waals surface area contributed by atoms with Gasteiger partial charge in [-0.1, -0.05) is 18.2 Å². The number of anilines is 1. The zero-order chi connectivity index (χ0) is 29.2. The standard InChI is InChI=1S/C33H24FN5O3.ClH/c1-19-26(22-4-3-14-35-17-22)16-28-31(38-19)29(13-15-36-28)42-25-11-9-24(10-12-25)39-33(41)27-18-37-20(2)30(32(27)40)21-5-7-23(34)8-6-21;/h3-18H,1-2H3,(H,37,40)(H,39,41);1H. The summed E-state index contributed by atoms with van der Waals surface area (Å²) in [6.45, 7) is 3.64. The van der Waals surface area contributed by atoms with E-state index in [9.17, 15) is 14.3 Å². The van der Waals surface area contributed by atoms with E-state index in [1.807, 2.05) is 25.1 Å². The van der Waals surface area contributed by atoms with E-state index in [0.717, 1.165) is 16.8 Å². The smallest absolute Gasteiger partial charge is 0.261 e.